The molecule has 0 radical (unpaired) electrons. The molecule has 1 aliphatic carbocycles. The van der Waals surface area contributed by atoms with Crippen molar-refractivity contribution in [3.05, 3.63) is 82.8 Å². The van der Waals surface area contributed by atoms with Gasteiger partial charge in [0.1, 0.15) is 18.3 Å². The molecule has 0 heterocycles. The molecule has 3 aromatic rings. The molecule has 3 aromatic carbocycles. The number of thioether (sulfide) groups is 1. The summed E-state index contributed by atoms with van der Waals surface area (Å²) in [7, 11) is -4.20. The van der Waals surface area contributed by atoms with Crippen molar-refractivity contribution in [2.45, 2.75) is 68.0 Å². The highest BCUT2D eigenvalue weighted by Crippen LogP contribution is 2.33. The van der Waals surface area contributed by atoms with E-state index in [-0.39, 0.29) is 29.1 Å². The first kappa shape index (κ1) is 32.9. The summed E-state index contributed by atoms with van der Waals surface area (Å²) < 4.78 is 36.1. The lowest BCUT2D eigenvalue weighted by Gasteiger charge is -2.33. The van der Waals surface area contributed by atoms with Crippen molar-refractivity contribution in [1.29, 1.82) is 0 Å². The second kappa shape index (κ2) is 15.1. The third-order valence-electron chi connectivity index (χ3n) is 7.47. The van der Waals surface area contributed by atoms with E-state index >= 15 is 0 Å². The van der Waals surface area contributed by atoms with Crippen LogP contribution in [0.1, 0.15) is 45.1 Å². The second-order valence-corrected chi connectivity index (χ2v) is 14.1. The van der Waals surface area contributed by atoms with Crippen molar-refractivity contribution in [3.63, 3.8) is 0 Å². The van der Waals surface area contributed by atoms with E-state index in [0.717, 1.165) is 44.9 Å². The smallest absolute Gasteiger partial charge is 0.264 e. The Morgan fingerprint density at radius 3 is 2.40 bits per heavy atom. The summed E-state index contributed by atoms with van der Waals surface area (Å²) >= 11 is 4.99. The van der Waals surface area contributed by atoms with Crippen molar-refractivity contribution >= 4 is 55.2 Å². The number of nitrogens with zero attached hydrogens (tertiary/aromatic N) is 2. The number of sulfonamides is 1. The van der Waals surface area contributed by atoms with Gasteiger partial charge in [0.15, 0.2) is 0 Å². The van der Waals surface area contributed by atoms with Gasteiger partial charge in [0.05, 0.1) is 17.2 Å². The molecule has 1 fully saturated rings. The Morgan fingerprint density at radius 2 is 1.74 bits per heavy atom. The first-order valence-corrected chi connectivity index (χ1v) is 17.8. The van der Waals surface area contributed by atoms with E-state index in [1.165, 1.54) is 16.7 Å². The third-order valence-corrected chi connectivity index (χ3v) is 10.5. The number of carbonyl (C=O) groups is 2. The molecule has 0 unspecified atom stereocenters. The maximum absolute atomic E-state index is 14.2. The Hall–Kier alpha value is -3.02. The second-order valence-electron chi connectivity index (χ2n) is 10.4. The number of halogens is 1. The van der Waals surface area contributed by atoms with E-state index in [4.69, 9.17) is 4.74 Å². The minimum absolute atomic E-state index is 0.0509. The van der Waals surface area contributed by atoms with Gasteiger partial charge in [-0.1, -0.05) is 53.0 Å². The molecule has 4 rings (SSSR count). The van der Waals surface area contributed by atoms with Crippen molar-refractivity contribution in [2.24, 2.45) is 0 Å². The van der Waals surface area contributed by atoms with Crippen LogP contribution in [0.25, 0.3) is 0 Å². The van der Waals surface area contributed by atoms with E-state index in [1.54, 1.807) is 55.5 Å². The van der Waals surface area contributed by atoms with Crippen LogP contribution in [-0.4, -0.2) is 56.6 Å². The number of para-hydroxylation sites is 2. The fourth-order valence-electron chi connectivity index (χ4n) is 5.14. The number of rotatable bonds is 13. The van der Waals surface area contributed by atoms with Gasteiger partial charge in [-0.05, 0) is 87.0 Å². The number of carbonyl (C=O) groups excluding carboxylic acids is 2. The highest BCUT2D eigenvalue weighted by atomic mass is 79.9. The average Bonchev–Trinajstić information content (AvgIpc) is 3.52. The van der Waals surface area contributed by atoms with Crippen LogP contribution in [0.4, 0.5) is 5.69 Å². The van der Waals surface area contributed by atoms with Crippen molar-refractivity contribution < 1.29 is 22.7 Å². The zero-order valence-electron chi connectivity index (χ0n) is 24.7. The SMILES string of the molecule is CCOc1ccccc1N(CC(=O)N(Cc1cccc(Br)c1)[C@@H](C)C(=O)NC1CCCC1)S(=O)(=O)c1ccc(SC)cc1. The highest BCUT2D eigenvalue weighted by Gasteiger charge is 2.34. The molecule has 230 valence electrons. The van der Waals surface area contributed by atoms with Gasteiger partial charge in [-0.25, -0.2) is 8.42 Å². The van der Waals surface area contributed by atoms with Crippen LogP contribution in [0.5, 0.6) is 5.75 Å². The first-order valence-electron chi connectivity index (χ1n) is 14.4. The molecular weight excluding hydrogens is 650 g/mol. The van der Waals surface area contributed by atoms with Crippen LogP contribution in [0.2, 0.25) is 0 Å². The Balaban J connectivity index is 1.73. The van der Waals surface area contributed by atoms with E-state index in [0.29, 0.717) is 12.4 Å². The summed E-state index contributed by atoms with van der Waals surface area (Å²) in [4.78, 5) is 30.1. The quantitative estimate of drug-likeness (QED) is 0.214. The average molecular weight is 689 g/mol. The molecule has 0 bridgehead atoms. The minimum Gasteiger partial charge on any atom is -0.492 e. The zero-order chi connectivity index (χ0) is 31.0. The molecule has 43 heavy (non-hydrogen) atoms. The van der Waals surface area contributed by atoms with Crippen molar-refractivity contribution in [2.75, 3.05) is 23.7 Å². The van der Waals surface area contributed by atoms with Crippen LogP contribution in [0.15, 0.2) is 87.1 Å². The van der Waals surface area contributed by atoms with E-state index in [9.17, 15) is 18.0 Å². The summed E-state index contributed by atoms with van der Waals surface area (Å²) in [6.45, 7) is 3.42. The molecule has 0 aromatic heterocycles. The summed E-state index contributed by atoms with van der Waals surface area (Å²) in [6.07, 6.45) is 5.85. The van der Waals surface area contributed by atoms with Gasteiger partial charge in [0.25, 0.3) is 10.0 Å². The van der Waals surface area contributed by atoms with Crippen molar-refractivity contribution in [3.8, 4) is 5.75 Å². The molecule has 0 spiro atoms. The number of amides is 2. The maximum Gasteiger partial charge on any atom is 0.264 e. The van der Waals surface area contributed by atoms with Crippen LogP contribution >= 0.6 is 27.7 Å². The number of anilines is 1. The number of benzene rings is 3. The predicted molar refractivity (Wildman–Crippen MR) is 175 cm³/mol. The lowest BCUT2D eigenvalue weighted by atomic mass is 10.1. The van der Waals surface area contributed by atoms with Gasteiger partial charge >= 0.3 is 0 Å². The van der Waals surface area contributed by atoms with Gasteiger partial charge < -0.3 is 15.0 Å². The summed E-state index contributed by atoms with van der Waals surface area (Å²) in [5.74, 6) is -0.427. The van der Waals surface area contributed by atoms with Crippen LogP contribution in [0.3, 0.4) is 0 Å². The van der Waals surface area contributed by atoms with E-state index in [1.807, 2.05) is 37.4 Å². The molecule has 8 nitrogen and oxygen atoms in total. The van der Waals surface area contributed by atoms with Crippen LogP contribution < -0.4 is 14.4 Å². The zero-order valence-corrected chi connectivity index (χ0v) is 27.9. The van der Waals surface area contributed by atoms with Crippen LogP contribution in [-0.2, 0) is 26.2 Å². The molecule has 0 saturated heterocycles. The monoisotopic (exact) mass is 687 g/mol. The van der Waals surface area contributed by atoms with E-state index in [2.05, 4.69) is 21.2 Å². The maximum atomic E-state index is 14.2. The Kier molecular flexibility index (Phi) is 11.6. The number of hydrogen-bond acceptors (Lipinski definition) is 6. The molecule has 2 amide bonds. The van der Waals surface area contributed by atoms with Gasteiger partial charge in [-0.3, -0.25) is 13.9 Å². The highest BCUT2D eigenvalue weighted by molar-refractivity contribution is 9.10. The summed E-state index contributed by atoms with van der Waals surface area (Å²) in [6, 6.07) is 20.1. The molecule has 11 heteroatoms. The minimum atomic E-state index is -4.20. The largest absolute Gasteiger partial charge is 0.492 e. The number of ether oxygens (including phenoxy) is 1. The Morgan fingerprint density at radius 1 is 1.05 bits per heavy atom. The normalized spacial score (nSPS) is 14.2. The fraction of sp³-hybridized carbons (Fsp3) is 0.375. The topological polar surface area (TPSA) is 96.0 Å². The fourth-order valence-corrected chi connectivity index (χ4v) is 7.42. The van der Waals surface area contributed by atoms with Gasteiger partial charge in [0, 0.05) is 22.0 Å². The van der Waals surface area contributed by atoms with Gasteiger partial charge in [0.2, 0.25) is 11.8 Å². The predicted octanol–water partition coefficient (Wildman–Crippen LogP) is 6.24. The number of nitrogens with one attached hydrogen (secondary N) is 1. The lowest BCUT2D eigenvalue weighted by molar-refractivity contribution is -0.139. The molecule has 1 saturated carbocycles. The van der Waals surface area contributed by atoms with E-state index < -0.39 is 28.5 Å². The first-order chi connectivity index (χ1) is 20.6. The van der Waals surface area contributed by atoms with Gasteiger partial charge in [-0.15, -0.1) is 11.8 Å². The molecule has 1 atom stereocenters. The van der Waals surface area contributed by atoms with Gasteiger partial charge in [-0.2, -0.15) is 0 Å². The molecule has 0 aliphatic heterocycles. The summed E-state index contributed by atoms with van der Waals surface area (Å²) in [5, 5.41) is 3.09. The molecule has 1 N–H and O–H groups in total. The molecular formula is C32H38BrN3O5S2. The van der Waals surface area contributed by atoms with Crippen LogP contribution in [0, 0.1) is 0 Å². The lowest BCUT2D eigenvalue weighted by Crippen LogP contribution is -2.52. The number of hydrogen-bond donors (Lipinski definition) is 1. The summed E-state index contributed by atoms with van der Waals surface area (Å²) in [5.41, 5.74) is 1.05. The van der Waals surface area contributed by atoms with Crippen molar-refractivity contribution in [1.82, 2.24) is 10.2 Å². The molecule has 1 aliphatic rings. The third kappa shape index (κ3) is 8.33. The Labute approximate surface area is 267 Å². The Bertz CT molecular complexity index is 1510. The standard InChI is InChI=1S/C32H38BrN3O5S2/c1-4-41-30-15-8-7-14-29(30)36(43(39,40)28-18-16-27(42-3)17-19-28)22-31(37)35(21-24-10-9-11-25(33)20-24)23(2)32(38)34-26-12-5-6-13-26/h7-11,14-20,23,26H,4-6,12-13,21-22H2,1-3H3,(H,34,38)/t23-/m0/s1.